The third-order valence-corrected chi connectivity index (χ3v) is 4.08. The molecule has 0 spiro atoms. The van der Waals surface area contributed by atoms with Crippen molar-refractivity contribution in [2.45, 2.75) is 30.5 Å². The predicted molar refractivity (Wildman–Crippen MR) is 84.4 cm³/mol. The molecule has 2 aromatic rings. The molecule has 20 heavy (non-hydrogen) atoms. The van der Waals surface area contributed by atoms with E-state index in [9.17, 15) is 4.39 Å². The SMILES string of the molecule is CCCNCc1ccc(SCc2ccc(F)cc2)cc1. The van der Waals surface area contributed by atoms with Crippen LogP contribution < -0.4 is 5.32 Å². The normalized spacial score (nSPS) is 10.7. The number of hydrogen-bond acceptors (Lipinski definition) is 2. The van der Waals surface area contributed by atoms with Gasteiger partial charge in [-0.2, -0.15) is 0 Å². The van der Waals surface area contributed by atoms with E-state index in [0.717, 1.165) is 30.8 Å². The van der Waals surface area contributed by atoms with Crippen molar-refractivity contribution in [3.05, 3.63) is 65.5 Å². The largest absolute Gasteiger partial charge is 0.313 e. The van der Waals surface area contributed by atoms with Gasteiger partial charge in [-0.05, 0) is 48.4 Å². The van der Waals surface area contributed by atoms with Crippen LogP contribution in [0.15, 0.2) is 53.4 Å². The summed E-state index contributed by atoms with van der Waals surface area (Å²) >= 11 is 1.77. The van der Waals surface area contributed by atoms with E-state index in [1.54, 1.807) is 11.8 Å². The minimum absolute atomic E-state index is 0.178. The van der Waals surface area contributed by atoms with E-state index in [4.69, 9.17) is 0 Å². The maximum atomic E-state index is 12.8. The molecule has 0 aliphatic rings. The van der Waals surface area contributed by atoms with Crippen LogP contribution in [0.4, 0.5) is 4.39 Å². The number of rotatable bonds is 7. The molecule has 0 heterocycles. The van der Waals surface area contributed by atoms with Gasteiger partial charge in [-0.1, -0.05) is 31.2 Å². The Kier molecular flexibility index (Phi) is 6.09. The molecule has 0 saturated heterocycles. The average molecular weight is 289 g/mol. The topological polar surface area (TPSA) is 12.0 Å². The monoisotopic (exact) mass is 289 g/mol. The first kappa shape index (κ1) is 15.1. The summed E-state index contributed by atoms with van der Waals surface area (Å²) in [5.41, 5.74) is 2.45. The van der Waals surface area contributed by atoms with Crippen LogP contribution in [0.5, 0.6) is 0 Å². The van der Waals surface area contributed by atoms with E-state index >= 15 is 0 Å². The fourth-order valence-electron chi connectivity index (χ4n) is 1.86. The highest BCUT2D eigenvalue weighted by Gasteiger charge is 1.98. The van der Waals surface area contributed by atoms with Crippen LogP contribution in [0.25, 0.3) is 0 Å². The molecule has 106 valence electrons. The van der Waals surface area contributed by atoms with Gasteiger partial charge in [0.2, 0.25) is 0 Å². The van der Waals surface area contributed by atoms with Gasteiger partial charge in [0.15, 0.2) is 0 Å². The lowest BCUT2D eigenvalue weighted by atomic mass is 10.2. The summed E-state index contributed by atoms with van der Waals surface area (Å²) in [6.07, 6.45) is 1.16. The van der Waals surface area contributed by atoms with Crippen molar-refractivity contribution in [1.29, 1.82) is 0 Å². The molecule has 1 N–H and O–H groups in total. The summed E-state index contributed by atoms with van der Waals surface area (Å²) in [5, 5.41) is 3.39. The summed E-state index contributed by atoms with van der Waals surface area (Å²) in [7, 11) is 0. The zero-order valence-electron chi connectivity index (χ0n) is 11.7. The Bertz CT molecular complexity index is 508. The van der Waals surface area contributed by atoms with E-state index in [2.05, 4.69) is 36.5 Å². The van der Waals surface area contributed by atoms with Gasteiger partial charge in [0.1, 0.15) is 5.82 Å². The smallest absolute Gasteiger partial charge is 0.123 e. The predicted octanol–water partition coefficient (Wildman–Crippen LogP) is 4.62. The summed E-state index contributed by atoms with van der Waals surface area (Å²) in [6.45, 7) is 4.15. The molecule has 0 atom stereocenters. The lowest BCUT2D eigenvalue weighted by Gasteiger charge is -2.05. The van der Waals surface area contributed by atoms with E-state index in [1.807, 2.05) is 12.1 Å². The van der Waals surface area contributed by atoms with E-state index in [0.29, 0.717) is 0 Å². The van der Waals surface area contributed by atoms with Crippen LogP contribution in [0.1, 0.15) is 24.5 Å². The first-order valence-electron chi connectivity index (χ1n) is 6.95. The van der Waals surface area contributed by atoms with Gasteiger partial charge in [-0.3, -0.25) is 0 Å². The van der Waals surface area contributed by atoms with Crippen molar-refractivity contribution in [3.8, 4) is 0 Å². The second-order valence-electron chi connectivity index (χ2n) is 4.74. The van der Waals surface area contributed by atoms with Crippen LogP contribution in [0.2, 0.25) is 0 Å². The van der Waals surface area contributed by atoms with Gasteiger partial charge in [-0.15, -0.1) is 11.8 Å². The highest BCUT2D eigenvalue weighted by atomic mass is 32.2. The quantitative estimate of drug-likeness (QED) is 0.590. The Morgan fingerprint density at radius 2 is 1.60 bits per heavy atom. The summed E-state index contributed by atoms with van der Waals surface area (Å²) in [6, 6.07) is 15.3. The van der Waals surface area contributed by atoms with E-state index in [1.165, 1.54) is 22.6 Å². The number of thioether (sulfide) groups is 1. The van der Waals surface area contributed by atoms with Crippen molar-refractivity contribution in [3.63, 3.8) is 0 Å². The second kappa shape index (κ2) is 8.08. The molecule has 1 nitrogen and oxygen atoms in total. The molecular formula is C17H20FNS. The molecule has 3 heteroatoms. The minimum Gasteiger partial charge on any atom is -0.313 e. The standard InChI is InChI=1S/C17H20FNS/c1-2-11-19-12-14-5-9-17(10-6-14)20-13-15-3-7-16(18)8-4-15/h3-10,19H,2,11-13H2,1H3. The van der Waals surface area contributed by atoms with Crippen molar-refractivity contribution in [1.82, 2.24) is 5.32 Å². The fourth-order valence-corrected chi connectivity index (χ4v) is 2.71. The maximum absolute atomic E-state index is 12.8. The van der Waals surface area contributed by atoms with Crippen LogP contribution >= 0.6 is 11.8 Å². The Labute approximate surface area is 124 Å². The van der Waals surface area contributed by atoms with Gasteiger partial charge in [-0.25, -0.2) is 4.39 Å². The highest BCUT2D eigenvalue weighted by Crippen LogP contribution is 2.23. The van der Waals surface area contributed by atoms with Crippen LogP contribution in [0, 0.1) is 5.82 Å². The molecule has 0 amide bonds. The summed E-state index contributed by atoms with van der Waals surface area (Å²) < 4.78 is 12.8. The third kappa shape index (κ3) is 4.99. The van der Waals surface area contributed by atoms with Crippen molar-refractivity contribution in [2.24, 2.45) is 0 Å². The molecule has 0 unspecified atom stereocenters. The molecule has 0 aliphatic heterocycles. The van der Waals surface area contributed by atoms with Gasteiger partial charge < -0.3 is 5.32 Å². The zero-order valence-corrected chi connectivity index (χ0v) is 12.5. The average Bonchev–Trinajstić information content (AvgIpc) is 2.48. The molecule has 2 rings (SSSR count). The van der Waals surface area contributed by atoms with Crippen LogP contribution in [-0.4, -0.2) is 6.54 Å². The molecular weight excluding hydrogens is 269 g/mol. The number of hydrogen-bond donors (Lipinski definition) is 1. The van der Waals surface area contributed by atoms with Gasteiger partial charge >= 0.3 is 0 Å². The molecule has 0 fully saturated rings. The zero-order chi connectivity index (χ0) is 14.2. The number of halogens is 1. The Balaban J connectivity index is 1.82. The first-order chi connectivity index (χ1) is 9.78. The molecule has 2 aromatic carbocycles. The van der Waals surface area contributed by atoms with Crippen molar-refractivity contribution < 1.29 is 4.39 Å². The Morgan fingerprint density at radius 3 is 2.25 bits per heavy atom. The molecule has 0 bridgehead atoms. The fraction of sp³-hybridized carbons (Fsp3) is 0.294. The van der Waals surface area contributed by atoms with E-state index < -0.39 is 0 Å². The van der Waals surface area contributed by atoms with Crippen molar-refractivity contribution in [2.75, 3.05) is 6.54 Å². The molecule has 0 radical (unpaired) electrons. The van der Waals surface area contributed by atoms with Gasteiger partial charge in [0.05, 0.1) is 0 Å². The van der Waals surface area contributed by atoms with Crippen LogP contribution in [0.3, 0.4) is 0 Å². The third-order valence-electron chi connectivity index (χ3n) is 3.00. The first-order valence-corrected chi connectivity index (χ1v) is 7.93. The van der Waals surface area contributed by atoms with E-state index in [-0.39, 0.29) is 5.82 Å². The summed E-state index contributed by atoms with van der Waals surface area (Å²) in [4.78, 5) is 1.24. The Hall–Kier alpha value is -1.32. The Morgan fingerprint density at radius 1 is 0.950 bits per heavy atom. The maximum Gasteiger partial charge on any atom is 0.123 e. The molecule has 0 aliphatic carbocycles. The molecule has 0 saturated carbocycles. The number of nitrogens with one attached hydrogen (secondary N) is 1. The van der Waals surface area contributed by atoms with Crippen molar-refractivity contribution >= 4 is 11.8 Å². The minimum atomic E-state index is -0.178. The molecule has 0 aromatic heterocycles. The summed E-state index contributed by atoms with van der Waals surface area (Å²) in [5.74, 6) is 0.691. The van der Waals surface area contributed by atoms with Gasteiger partial charge in [0.25, 0.3) is 0 Å². The number of benzene rings is 2. The van der Waals surface area contributed by atoms with Crippen LogP contribution in [-0.2, 0) is 12.3 Å². The lowest BCUT2D eigenvalue weighted by molar-refractivity contribution is 0.627. The highest BCUT2D eigenvalue weighted by molar-refractivity contribution is 7.98. The van der Waals surface area contributed by atoms with Gasteiger partial charge in [0, 0.05) is 17.2 Å². The second-order valence-corrected chi connectivity index (χ2v) is 5.78. The lowest BCUT2D eigenvalue weighted by Crippen LogP contribution is -2.13.